The zero-order chi connectivity index (χ0) is 26.9. The molecule has 1 N–H and O–H groups in total. The van der Waals surface area contributed by atoms with Gasteiger partial charge in [-0.1, -0.05) is 80.6 Å². The van der Waals surface area contributed by atoms with Crippen molar-refractivity contribution < 1.29 is 28.5 Å². The zero-order valence-corrected chi connectivity index (χ0v) is 22.1. The third kappa shape index (κ3) is 7.35. The molecule has 1 heterocycles. The molecule has 0 aromatic heterocycles. The van der Waals surface area contributed by atoms with Crippen LogP contribution in [-0.4, -0.2) is 30.6 Å². The molecule has 3 aromatic carbocycles. The van der Waals surface area contributed by atoms with E-state index in [1.54, 1.807) is 6.92 Å². The molecule has 0 amide bonds. The first-order valence-corrected chi connectivity index (χ1v) is 13.1. The summed E-state index contributed by atoms with van der Waals surface area (Å²) in [5.41, 5.74) is 2.69. The minimum atomic E-state index is -0.711. The summed E-state index contributed by atoms with van der Waals surface area (Å²) >= 11 is 0. The highest BCUT2D eigenvalue weighted by atomic mass is 16.7. The predicted octanol–water partition coefficient (Wildman–Crippen LogP) is 5.38. The van der Waals surface area contributed by atoms with Gasteiger partial charge in [-0.15, -0.1) is 0 Å². The number of hydrogen-bond donors (Lipinski definition) is 1. The Bertz CT molecular complexity index is 1170. The number of esters is 2. The van der Waals surface area contributed by atoms with Gasteiger partial charge in [-0.3, -0.25) is 14.9 Å². The Hall–Kier alpha value is -3.84. The van der Waals surface area contributed by atoms with Crippen molar-refractivity contribution in [1.29, 1.82) is 0 Å². The lowest BCUT2D eigenvalue weighted by Gasteiger charge is -2.25. The Morgan fingerprint density at radius 2 is 1.39 bits per heavy atom. The number of rotatable bonds is 12. The molecule has 0 unspecified atom stereocenters. The van der Waals surface area contributed by atoms with Gasteiger partial charge in [-0.05, 0) is 48.9 Å². The number of hydrogen-bond acceptors (Lipinski definition) is 7. The maximum Gasteiger partial charge on any atom is 0.323 e. The van der Waals surface area contributed by atoms with Crippen molar-refractivity contribution in [1.82, 2.24) is 5.32 Å². The van der Waals surface area contributed by atoms with Crippen LogP contribution in [0.5, 0.6) is 11.5 Å². The molecule has 4 rings (SSSR count). The molecular weight excluding hydrogens is 482 g/mol. The number of carbonyl (C=O) groups is 2. The molecule has 7 heteroatoms. The van der Waals surface area contributed by atoms with Crippen LogP contribution in [0, 0.1) is 5.92 Å². The van der Waals surface area contributed by atoms with E-state index in [1.165, 1.54) is 0 Å². The number of benzene rings is 3. The van der Waals surface area contributed by atoms with Gasteiger partial charge in [0.15, 0.2) is 11.5 Å². The molecule has 0 spiro atoms. The fourth-order valence-electron chi connectivity index (χ4n) is 4.31. The minimum absolute atomic E-state index is 0.177. The van der Waals surface area contributed by atoms with E-state index in [-0.39, 0.29) is 25.1 Å². The number of para-hydroxylation sites is 2. The van der Waals surface area contributed by atoms with Gasteiger partial charge in [0.25, 0.3) is 6.29 Å². The number of fused-ring (bicyclic) bond motifs is 1. The predicted molar refractivity (Wildman–Crippen MR) is 144 cm³/mol. The molecule has 38 heavy (non-hydrogen) atoms. The van der Waals surface area contributed by atoms with E-state index in [0.717, 1.165) is 16.7 Å². The normalized spacial score (nSPS) is 14.2. The van der Waals surface area contributed by atoms with Crippen molar-refractivity contribution >= 4 is 11.9 Å². The Morgan fingerprint density at radius 1 is 0.789 bits per heavy atom. The molecule has 0 saturated carbocycles. The standard InChI is InChI=1S/C31H35NO6/c1-4-35-29(33)26(32-25(18-21(2)3)30(34)36-20-23-10-6-5-7-11-23)19-22-14-16-24(17-15-22)31-37-27-12-8-9-13-28(27)38-31/h5-17,21,25-26,31-32H,4,18-20H2,1-3H3/t25-,26-/m0/s1. The van der Waals surface area contributed by atoms with Gasteiger partial charge in [0.2, 0.25) is 0 Å². The van der Waals surface area contributed by atoms with E-state index in [1.807, 2.05) is 92.7 Å². The summed E-state index contributed by atoms with van der Waals surface area (Å²) in [5, 5.41) is 3.24. The Kier molecular flexibility index (Phi) is 9.38. The van der Waals surface area contributed by atoms with Gasteiger partial charge in [0.1, 0.15) is 18.7 Å². The van der Waals surface area contributed by atoms with Crippen LogP contribution in [0.1, 0.15) is 50.2 Å². The average molecular weight is 518 g/mol. The van der Waals surface area contributed by atoms with Crippen molar-refractivity contribution in [2.24, 2.45) is 5.92 Å². The van der Waals surface area contributed by atoms with Gasteiger partial charge >= 0.3 is 11.9 Å². The number of ether oxygens (including phenoxy) is 4. The largest absolute Gasteiger partial charge is 0.465 e. The second-order valence-electron chi connectivity index (χ2n) is 9.71. The molecule has 0 saturated heterocycles. The van der Waals surface area contributed by atoms with Gasteiger partial charge in [-0.25, -0.2) is 0 Å². The molecule has 0 aliphatic carbocycles. The maximum atomic E-state index is 13.0. The number of carbonyl (C=O) groups excluding carboxylic acids is 2. The SMILES string of the molecule is CCOC(=O)[C@H](Cc1ccc(C2Oc3ccccc3O2)cc1)N[C@@H](CC(C)C)C(=O)OCc1ccccc1. The smallest absolute Gasteiger partial charge is 0.323 e. The van der Waals surface area contributed by atoms with E-state index in [9.17, 15) is 9.59 Å². The molecule has 1 aliphatic rings. The number of nitrogens with one attached hydrogen (secondary N) is 1. The highest BCUT2D eigenvalue weighted by molar-refractivity contribution is 5.80. The van der Waals surface area contributed by atoms with Crippen LogP contribution in [0.25, 0.3) is 0 Å². The van der Waals surface area contributed by atoms with Crippen molar-refractivity contribution in [2.45, 2.75) is 58.6 Å². The maximum absolute atomic E-state index is 13.0. The van der Waals surface area contributed by atoms with Crippen LogP contribution in [0.15, 0.2) is 78.9 Å². The minimum Gasteiger partial charge on any atom is -0.465 e. The van der Waals surface area contributed by atoms with E-state index >= 15 is 0 Å². The highest BCUT2D eigenvalue weighted by Crippen LogP contribution is 2.39. The van der Waals surface area contributed by atoms with E-state index in [2.05, 4.69) is 5.32 Å². The fraction of sp³-hybridized carbons (Fsp3) is 0.355. The van der Waals surface area contributed by atoms with Crippen molar-refractivity contribution in [3.63, 3.8) is 0 Å². The molecule has 1 aliphatic heterocycles. The van der Waals surface area contributed by atoms with Gasteiger partial charge in [0, 0.05) is 5.56 Å². The average Bonchev–Trinajstić information content (AvgIpc) is 3.36. The van der Waals surface area contributed by atoms with Gasteiger partial charge in [-0.2, -0.15) is 0 Å². The summed E-state index contributed by atoms with van der Waals surface area (Å²) in [5.74, 6) is 0.850. The van der Waals surface area contributed by atoms with E-state index < -0.39 is 24.3 Å². The molecule has 200 valence electrons. The Balaban J connectivity index is 1.43. The summed E-state index contributed by atoms with van der Waals surface area (Å²) in [6.45, 7) is 6.26. The second kappa shape index (κ2) is 13.1. The second-order valence-corrected chi connectivity index (χ2v) is 9.71. The summed E-state index contributed by atoms with van der Waals surface area (Å²) in [4.78, 5) is 25.9. The third-order valence-corrected chi connectivity index (χ3v) is 6.20. The van der Waals surface area contributed by atoms with Crippen LogP contribution in [0.2, 0.25) is 0 Å². The molecular formula is C31H35NO6. The van der Waals surface area contributed by atoms with E-state index in [4.69, 9.17) is 18.9 Å². The Morgan fingerprint density at radius 3 is 2.00 bits per heavy atom. The summed E-state index contributed by atoms with van der Waals surface area (Å²) in [7, 11) is 0. The van der Waals surface area contributed by atoms with Crippen molar-refractivity contribution in [3.05, 3.63) is 95.6 Å². The molecule has 0 radical (unpaired) electrons. The van der Waals surface area contributed by atoms with Gasteiger partial charge < -0.3 is 18.9 Å². The van der Waals surface area contributed by atoms with Gasteiger partial charge in [0.05, 0.1) is 6.61 Å². The van der Waals surface area contributed by atoms with Crippen molar-refractivity contribution in [2.75, 3.05) is 6.61 Å². The molecule has 7 nitrogen and oxygen atoms in total. The first kappa shape index (κ1) is 27.2. The quantitative estimate of drug-likeness (QED) is 0.323. The highest BCUT2D eigenvalue weighted by Gasteiger charge is 2.30. The summed E-state index contributed by atoms with van der Waals surface area (Å²) < 4.78 is 22.7. The fourth-order valence-corrected chi connectivity index (χ4v) is 4.31. The van der Waals surface area contributed by atoms with Crippen LogP contribution >= 0.6 is 0 Å². The molecule has 2 atom stereocenters. The molecule has 0 fully saturated rings. The lowest BCUT2D eigenvalue weighted by Crippen LogP contribution is -2.50. The summed E-state index contributed by atoms with van der Waals surface area (Å²) in [6.07, 6.45) is 0.362. The lowest BCUT2D eigenvalue weighted by atomic mass is 10.00. The monoisotopic (exact) mass is 517 g/mol. The third-order valence-electron chi connectivity index (χ3n) is 6.20. The van der Waals surface area contributed by atoms with Crippen LogP contribution < -0.4 is 14.8 Å². The molecule has 3 aromatic rings. The van der Waals surface area contributed by atoms with Crippen LogP contribution in [0.3, 0.4) is 0 Å². The van der Waals surface area contributed by atoms with Crippen LogP contribution in [-0.2, 0) is 32.1 Å². The topological polar surface area (TPSA) is 83.1 Å². The van der Waals surface area contributed by atoms with E-state index in [0.29, 0.717) is 24.3 Å². The molecule has 0 bridgehead atoms. The first-order chi connectivity index (χ1) is 18.4. The zero-order valence-electron chi connectivity index (χ0n) is 22.1. The first-order valence-electron chi connectivity index (χ1n) is 13.1. The van der Waals surface area contributed by atoms with Crippen LogP contribution in [0.4, 0.5) is 0 Å². The van der Waals surface area contributed by atoms with Crippen molar-refractivity contribution in [3.8, 4) is 11.5 Å². The Labute approximate surface area is 224 Å². The lowest BCUT2D eigenvalue weighted by molar-refractivity contribution is -0.150. The summed E-state index contributed by atoms with van der Waals surface area (Å²) in [6, 6.07) is 23.4.